The topological polar surface area (TPSA) is 54.1 Å². The van der Waals surface area contributed by atoms with Gasteiger partial charge < -0.3 is 9.30 Å². The molecule has 5 nitrogen and oxygen atoms in total. The fraction of sp³-hybridized carbons (Fsp3) is 0.259. The molecule has 2 heterocycles. The second kappa shape index (κ2) is 8.86. The molecular formula is C27H28N4O. The Hall–Kier alpha value is -3.62. The molecule has 0 radical (unpaired) electrons. The van der Waals surface area contributed by atoms with Crippen molar-refractivity contribution in [1.29, 1.82) is 5.26 Å². The van der Waals surface area contributed by atoms with Crippen molar-refractivity contribution in [2.45, 2.75) is 20.0 Å². The number of fused-ring (bicyclic) bond motifs is 1. The quantitative estimate of drug-likeness (QED) is 0.383. The Kier molecular flexibility index (Phi) is 5.98. The normalized spacial score (nSPS) is 12.3. The van der Waals surface area contributed by atoms with E-state index < -0.39 is 0 Å². The van der Waals surface area contributed by atoms with E-state index in [-0.39, 0.29) is 6.17 Å². The van der Waals surface area contributed by atoms with Crippen LogP contribution in [-0.2, 0) is 0 Å². The highest BCUT2D eigenvalue weighted by Crippen LogP contribution is 2.36. The van der Waals surface area contributed by atoms with Crippen LogP contribution in [0.4, 0.5) is 0 Å². The molecular weight excluding hydrogens is 396 g/mol. The van der Waals surface area contributed by atoms with Gasteiger partial charge in [-0.3, -0.25) is 9.88 Å². The third kappa shape index (κ3) is 3.98. The van der Waals surface area contributed by atoms with Gasteiger partial charge in [0.05, 0.1) is 30.4 Å². The van der Waals surface area contributed by atoms with Crippen molar-refractivity contribution < 1.29 is 4.74 Å². The van der Waals surface area contributed by atoms with Crippen LogP contribution in [0.3, 0.4) is 0 Å². The molecule has 0 N–H and O–H groups in total. The molecule has 32 heavy (non-hydrogen) atoms. The van der Waals surface area contributed by atoms with Crippen molar-refractivity contribution in [3.8, 4) is 34.1 Å². The van der Waals surface area contributed by atoms with Crippen molar-refractivity contribution in [3.63, 3.8) is 0 Å². The highest BCUT2D eigenvalue weighted by Gasteiger charge is 2.22. The van der Waals surface area contributed by atoms with Gasteiger partial charge in [-0.1, -0.05) is 26.0 Å². The van der Waals surface area contributed by atoms with Gasteiger partial charge in [-0.15, -0.1) is 0 Å². The first-order chi connectivity index (χ1) is 15.4. The molecule has 162 valence electrons. The predicted molar refractivity (Wildman–Crippen MR) is 129 cm³/mol. The van der Waals surface area contributed by atoms with Crippen LogP contribution in [0.25, 0.3) is 33.2 Å². The van der Waals surface area contributed by atoms with Gasteiger partial charge in [-0.05, 0) is 62.0 Å². The Labute approximate surface area is 189 Å². The first-order valence-corrected chi connectivity index (χ1v) is 10.7. The van der Waals surface area contributed by atoms with Gasteiger partial charge in [0.15, 0.2) is 0 Å². The van der Waals surface area contributed by atoms with Crippen LogP contribution < -0.4 is 4.74 Å². The molecule has 0 saturated heterocycles. The average Bonchev–Trinajstić information content (AvgIpc) is 3.17. The van der Waals surface area contributed by atoms with E-state index >= 15 is 0 Å². The zero-order chi connectivity index (χ0) is 22.8. The van der Waals surface area contributed by atoms with E-state index in [1.54, 1.807) is 7.11 Å². The minimum Gasteiger partial charge on any atom is -0.497 e. The summed E-state index contributed by atoms with van der Waals surface area (Å²) in [6.45, 7) is 4.45. The summed E-state index contributed by atoms with van der Waals surface area (Å²) in [5.74, 6) is 1.22. The van der Waals surface area contributed by atoms with E-state index in [0.717, 1.165) is 38.9 Å². The molecule has 4 aromatic rings. The van der Waals surface area contributed by atoms with E-state index in [0.29, 0.717) is 11.5 Å². The molecule has 0 saturated carbocycles. The summed E-state index contributed by atoms with van der Waals surface area (Å²) >= 11 is 0. The predicted octanol–water partition coefficient (Wildman–Crippen LogP) is 5.97. The van der Waals surface area contributed by atoms with Gasteiger partial charge in [0, 0.05) is 40.7 Å². The van der Waals surface area contributed by atoms with E-state index in [1.165, 1.54) is 0 Å². The van der Waals surface area contributed by atoms with Crippen LogP contribution >= 0.6 is 0 Å². The maximum atomic E-state index is 9.50. The number of ether oxygens (including phenoxy) is 1. The molecule has 1 unspecified atom stereocenters. The number of hydrogen-bond donors (Lipinski definition) is 0. The van der Waals surface area contributed by atoms with Crippen molar-refractivity contribution >= 4 is 10.9 Å². The Morgan fingerprint density at radius 2 is 1.78 bits per heavy atom. The summed E-state index contributed by atoms with van der Waals surface area (Å²) in [6, 6.07) is 18.3. The molecule has 0 fully saturated rings. The fourth-order valence-corrected chi connectivity index (χ4v) is 4.49. The van der Waals surface area contributed by atoms with Crippen molar-refractivity contribution in [1.82, 2.24) is 14.5 Å². The molecule has 0 spiro atoms. The number of aromatic nitrogens is 2. The minimum absolute atomic E-state index is 0.189. The van der Waals surface area contributed by atoms with Gasteiger partial charge in [0.2, 0.25) is 0 Å². The second-order valence-electron chi connectivity index (χ2n) is 8.61. The molecule has 1 atom stereocenters. The van der Waals surface area contributed by atoms with E-state index in [9.17, 15) is 5.26 Å². The van der Waals surface area contributed by atoms with Crippen molar-refractivity contribution in [3.05, 3.63) is 72.7 Å². The number of benzene rings is 2. The summed E-state index contributed by atoms with van der Waals surface area (Å²) < 4.78 is 7.70. The molecule has 0 aliphatic rings. The maximum Gasteiger partial charge on any atom is 0.119 e. The zero-order valence-corrected chi connectivity index (χ0v) is 19.2. The molecule has 2 aromatic heterocycles. The summed E-state index contributed by atoms with van der Waals surface area (Å²) in [5, 5.41) is 10.6. The molecule has 0 amide bonds. The molecule has 0 aliphatic carbocycles. The van der Waals surface area contributed by atoms with Crippen LogP contribution in [0.5, 0.6) is 5.75 Å². The Bertz CT molecular complexity index is 1290. The first kappa shape index (κ1) is 21.6. The van der Waals surface area contributed by atoms with Gasteiger partial charge in [0.25, 0.3) is 0 Å². The lowest BCUT2D eigenvalue weighted by molar-refractivity contribution is 0.164. The first-order valence-electron chi connectivity index (χ1n) is 10.7. The monoisotopic (exact) mass is 424 g/mol. The highest BCUT2D eigenvalue weighted by molar-refractivity contribution is 5.97. The lowest BCUT2D eigenvalue weighted by atomic mass is 10.0. The third-order valence-corrected chi connectivity index (χ3v) is 5.82. The van der Waals surface area contributed by atoms with Gasteiger partial charge >= 0.3 is 0 Å². The Morgan fingerprint density at radius 1 is 1.00 bits per heavy atom. The van der Waals surface area contributed by atoms with Gasteiger partial charge in [0.1, 0.15) is 5.75 Å². The van der Waals surface area contributed by atoms with Crippen LogP contribution in [0, 0.1) is 17.2 Å². The number of nitriles is 1. The van der Waals surface area contributed by atoms with Crippen LogP contribution in [0.2, 0.25) is 0 Å². The number of hydrogen-bond acceptors (Lipinski definition) is 4. The number of pyridine rings is 1. The van der Waals surface area contributed by atoms with Gasteiger partial charge in [-0.2, -0.15) is 5.26 Å². The highest BCUT2D eigenvalue weighted by atomic mass is 16.5. The van der Waals surface area contributed by atoms with Crippen LogP contribution in [0.15, 0.2) is 67.1 Å². The minimum atomic E-state index is 0.189. The summed E-state index contributed by atoms with van der Waals surface area (Å²) in [4.78, 5) is 6.77. The standard InChI is InChI=1S/C27H28N4O/c1-18(2)27(30(3)4)31-17-25(24-11-19(14-28)9-10-26(24)31)22-12-21(15-29-16-22)20-7-6-8-23(13-20)32-5/h6-13,15-18,27H,1-5H3. The molecule has 0 aliphatic heterocycles. The summed E-state index contributed by atoms with van der Waals surface area (Å²) in [6.07, 6.45) is 6.15. The van der Waals surface area contributed by atoms with E-state index in [1.807, 2.05) is 42.7 Å². The molecule has 2 aromatic carbocycles. The number of rotatable bonds is 6. The fourth-order valence-electron chi connectivity index (χ4n) is 4.49. The third-order valence-electron chi connectivity index (χ3n) is 5.82. The van der Waals surface area contributed by atoms with Crippen LogP contribution in [-0.4, -0.2) is 35.7 Å². The smallest absolute Gasteiger partial charge is 0.119 e. The van der Waals surface area contributed by atoms with Crippen molar-refractivity contribution in [2.75, 3.05) is 21.2 Å². The molecule has 5 heteroatoms. The largest absolute Gasteiger partial charge is 0.497 e. The van der Waals surface area contributed by atoms with E-state index in [4.69, 9.17) is 4.74 Å². The average molecular weight is 425 g/mol. The Balaban J connectivity index is 1.92. The molecule has 4 rings (SSSR count). The molecule has 0 bridgehead atoms. The van der Waals surface area contributed by atoms with E-state index in [2.05, 4.69) is 72.9 Å². The number of nitrogens with zero attached hydrogens (tertiary/aromatic N) is 4. The van der Waals surface area contributed by atoms with Crippen molar-refractivity contribution in [2.24, 2.45) is 5.92 Å². The summed E-state index contributed by atoms with van der Waals surface area (Å²) in [7, 11) is 5.88. The second-order valence-corrected chi connectivity index (χ2v) is 8.61. The SMILES string of the molecule is COc1cccc(-c2cncc(-c3cn(C(C(C)C)N(C)C)c4ccc(C#N)cc34)c2)c1. The maximum absolute atomic E-state index is 9.50. The summed E-state index contributed by atoms with van der Waals surface area (Å²) in [5.41, 5.74) is 5.92. The zero-order valence-electron chi connectivity index (χ0n) is 19.2. The Morgan fingerprint density at radius 3 is 2.47 bits per heavy atom. The lowest BCUT2D eigenvalue weighted by Gasteiger charge is -2.30. The van der Waals surface area contributed by atoms with Crippen LogP contribution in [0.1, 0.15) is 25.6 Å². The van der Waals surface area contributed by atoms with Gasteiger partial charge in [-0.25, -0.2) is 0 Å². The number of methoxy groups -OCH3 is 1. The lowest BCUT2D eigenvalue weighted by Crippen LogP contribution is -2.29.